The van der Waals surface area contributed by atoms with Gasteiger partial charge in [-0.2, -0.15) is 0 Å². The second kappa shape index (κ2) is 4.41. The van der Waals surface area contributed by atoms with E-state index in [0.717, 1.165) is 0 Å². The number of nitrogens with zero attached hydrogens (tertiary/aromatic N) is 1. The van der Waals surface area contributed by atoms with Crippen LogP contribution in [0.5, 0.6) is 0 Å². The molecule has 64 valence electrons. The van der Waals surface area contributed by atoms with Crippen LogP contribution in [-0.4, -0.2) is 31.7 Å². The first-order valence-corrected chi connectivity index (χ1v) is 9.69. The molecule has 2 heteroatoms. The fourth-order valence-corrected chi connectivity index (χ4v) is 8.83. The molecule has 0 saturated carbocycles. The van der Waals surface area contributed by atoms with Gasteiger partial charge in [-0.05, 0) is 0 Å². The van der Waals surface area contributed by atoms with E-state index in [1.165, 1.54) is 15.6 Å². The van der Waals surface area contributed by atoms with Crippen molar-refractivity contribution in [2.75, 3.05) is 14.1 Å². The Kier molecular flexibility index (Phi) is 4.64. The topological polar surface area (TPSA) is 3.24 Å². The van der Waals surface area contributed by atoms with Gasteiger partial charge in [0.2, 0.25) is 0 Å². The molecular formula is C8H22AsN. The standard InChI is InChI=1S/C8H22AsN/c1-6-9(7-2,8-3)10(4)5/h9H,6-8H2,1-5H3. The first-order chi connectivity index (χ1) is 4.63. The van der Waals surface area contributed by atoms with E-state index in [4.69, 9.17) is 0 Å². The molecule has 0 aromatic rings. The third kappa shape index (κ3) is 2.00. The summed E-state index contributed by atoms with van der Waals surface area (Å²) in [5.41, 5.74) is 0. The Labute approximate surface area is 68.5 Å². The van der Waals surface area contributed by atoms with Crippen LogP contribution in [0.3, 0.4) is 0 Å². The zero-order valence-corrected chi connectivity index (χ0v) is 10.2. The van der Waals surface area contributed by atoms with Crippen LogP contribution in [0.1, 0.15) is 20.8 Å². The van der Waals surface area contributed by atoms with Crippen molar-refractivity contribution in [2.45, 2.75) is 36.4 Å². The number of hydrogen-bond donors (Lipinski definition) is 0. The van der Waals surface area contributed by atoms with Gasteiger partial charge in [0.05, 0.1) is 0 Å². The van der Waals surface area contributed by atoms with Crippen LogP contribution < -0.4 is 0 Å². The maximum absolute atomic E-state index is 2.54. The fourth-order valence-electron chi connectivity index (χ4n) is 1.70. The van der Waals surface area contributed by atoms with Crippen LogP contribution in [-0.2, 0) is 0 Å². The molecule has 0 bridgehead atoms. The van der Waals surface area contributed by atoms with Crippen molar-refractivity contribution in [3.8, 4) is 0 Å². The molecule has 0 heterocycles. The average Bonchev–Trinajstić information content (AvgIpc) is 1.92. The van der Waals surface area contributed by atoms with Crippen LogP contribution in [0.4, 0.5) is 0 Å². The third-order valence-corrected chi connectivity index (χ3v) is 15.2. The van der Waals surface area contributed by atoms with Gasteiger partial charge in [0.25, 0.3) is 0 Å². The van der Waals surface area contributed by atoms with Crippen LogP contribution in [0, 0.1) is 0 Å². The second-order valence-electron chi connectivity index (χ2n) is 3.18. The van der Waals surface area contributed by atoms with Crippen LogP contribution in [0.25, 0.3) is 0 Å². The SMILES string of the molecule is CC[AsH](CC)(CC)N(C)C. The minimum absolute atomic E-state index is 1.44. The molecule has 0 fully saturated rings. The normalized spacial score (nSPS) is 14.2. The molecular weight excluding hydrogens is 185 g/mol. The van der Waals surface area contributed by atoms with Gasteiger partial charge in [-0.1, -0.05) is 0 Å². The molecule has 10 heavy (non-hydrogen) atoms. The summed E-state index contributed by atoms with van der Waals surface area (Å²) in [5, 5.41) is 4.33. The summed E-state index contributed by atoms with van der Waals surface area (Å²) in [6, 6.07) is 0. The summed E-state index contributed by atoms with van der Waals surface area (Å²) in [6.07, 6.45) is 0. The summed E-state index contributed by atoms with van der Waals surface area (Å²) in [7, 11) is 4.52. The predicted molar refractivity (Wildman–Crippen MR) is 52.3 cm³/mol. The minimum atomic E-state index is -1.46. The molecule has 0 rings (SSSR count). The van der Waals surface area contributed by atoms with Crippen molar-refractivity contribution in [3.05, 3.63) is 0 Å². The molecule has 0 amide bonds. The van der Waals surface area contributed by atoms with E-state index >= 15 is 0 Å². The Hall–Kier alpha value is 0.518. The van der Waals surface area contributed by atoms with Crippen molar-refractivity contribution < 1.29 is 0 Å². The maximum atomic E-state index is 2.54. The Morgan fingerprint density at radius 2 is 1.20 bits per heavy atom. The molecule has 0 radical (unpaired) electrons. The Balaban J connectivity index is 4.15. The molecule has 0 aromatic heterocycles. The monoisotopic (exact) mass is 207 g/mol. The van der Waals surface area contributed by atoms with Crippen molar-refractivity contribution >= 4 is 13.8 Å². The first kappa shape index (κ1) is 10.5. The van der Waals surface area contributed by atoms with Gasteiger partial charge in [-0.25, -0.2) is 0 Å². The average molecular weight is 207 g/mol. The molecule has 0 N–H and O–H groups in total. The number of hydrogen-bond acceptors (Lipinski definition) is 1. The quantitative estimate of drug-likeness (QED) is 0.639. The summed E-state index contributed by atoms with van der Waals surface area (Å²) >= 11 is -1.46. The van der Waals surface area contributed by atoms with E-state index in [1.807, 2.05) is 0 Å². The third-order valence-electron chi connectivity index (χ3n) is 2.92. The van der Waals surface area contributed by atoms with Crippen molar-refractivity contribution in [1.29, 1.82) is 0 Å². The first-order valence-electron chi connectivity index (χ1n) is 4.30. The van der Waals surface area contributed by atoms with Gasteiger partial charge in [0.15, 0.2) is 0 Å². The van der Waals surface area contributed by atoms with E-state index in [2.05, 4.69) is 38.7 Å². The van der Waals surface area contributed by atoms with E-state index < -0.39 is 13.8 Å². The molecule has 0 aliphatic rings. The second-order valence-corrected chi connectivity index (χ2v) is 14.6. The Morgan fingerprint density at radius 3 is 1.20 bits per heavy atom. The number of rotatable bonds is 4. The van der Waals surface area contributed by atoms with Crippen molar-refractivity contribution in [3.63, 3.8) is 0 Å². The molecule has 0 atom stereocenters. The Bertz CT molecular complexity index is 79.0. The zero-order chi connectivity index (χ0) is 8.20. The van der Waals surface area contributed by atoms with Gasteiger partial charge in [-0.3, -0.25) is 0 Å². The summed E-state index contributed by atoms with van der Waals surface area (Å²) in [6.45, 7) is 7.06. The van der Waals surface area contributed by atoms with Gasteiger partial charge in [0.1, 0.15) is 0 Å². The van der Waals surface area contributed by atoms with E-state index in [-0.39, 0.29) is 0 Å². The molecule has 0 aliphatic heterocycles. The molecule has 0 spiro atoms. The van der Waals surface area contributed by atoms with Crippen LogP contribution >= 0.6 is 0 Å². The summed E-state index contributed by atoms with van der Waals surface area (Å²) < 4.78 is 2.54. The van der Waals surface area contributed by atoms with Gasteiger partial charge in [0, 0.05) is 0 Å². The van der Waals surface area contributed by atoms with Gasteiger partial charge < -0.3 is 0 Å². The van der Waals surface area contributed by atoms with Gasteiger partial charge in [-0.15, -0.1) is 0 Å². The fraction of sp³-hybridized carbons (Fsp3) is 1.00. The summed E-state index contributed by atoms with van der Waals surface area (Å²) in [5.74, 6) is 0. The zero-order valence-electron chi connectivity index (χ0n) is 8.07. The van der Waals surface area contributed by atoms with Crippen molar-refractivity contribution in [2.24, 2.45) is 0 Å². The van der Waals surface area contributed by atoms with E-state index in [9.17, 15) is 0 Å². The molecule has 0 unspecified atom stereocenters. The molecule has 0 aliphatic carbocycles. The van der Waals surface area contributed by atoms with Gasteiger partial charge >= 0.3 is 68.1 Å². The molecule has 0 saturated heterocycles. The van der Waals surface area contributed by atoms with E-state index in [0.29, 0.717) is 0 Å². The Morgan fingerprint density at radius 1 is 0.900 bits per heavy atom. The molecule has 1 nitrogen and oxygen atoms in total. The predicted octanol–water partition coefficient (Wildman–Crippen LogP) is 2.29. The summed E-state index contributed by atoms with van der Waals surface area (Å²) in [4.78, 5) is 0. The van der Waals surface area contributed by atoms with Crippen LogP contribution in [0.2, 0.25) is 15.6 Å². The van der Waals surface area contributed by atoms with Crippen molar-refractivity contribution in [1.82, 2.24) is 3.82 Å². The van der Waals surface area contributed by atoms with Crippen LogP contribution in [0.15, 0.2) is 0 Å². The van der Waals surface area contributed by atoms with E-state index in [1.54, 1.807) is 0 Å². The molecule has 0 aromatic carbocycles.